The van der Waals surface area contributed by atoms with Gasteiger partial charge in [-0.3, -0.25) is 5.32 Å². The van der Waals surface area contributed by atoms with Gasteiger partial charge in [0.15, 0.2) is 0 Å². The first-order valence-electron chi connectivity index (χ1n) is 5.68. The van der Waals surface area contributed by atoms with E-state index in [4.69, 9.17) is 21.4 Å². The Balaban J connectivity index is 3.17. The predicted molar refractivity (Wildman–Crippen MR) is 71.0 cm³/mol. The minimum Gasteiger partial charge on any atom is -0.496 e. The minimum absolute atomic E-state index is 0.0139. The predicted octanol–water partition coefficient (Wildman–Crippen LogP) is 2.36. The third kappa shape index (κ3) is 2.92. The Morgan fingerprint density at radius 3 is 2.35 bits per heavy atom. The molecule has 0 aliphatic rings. The van der Waals surface area contributed by atoms with E-state index < -0.39 is 0 Å². The molecular formula is C13H20ClNO2. The van der Waals surface area contributed by atoms with Gasteiger partial charge in [-0.2, -0.15) is 0 Å². The fourth-order valence-electron chi connectivity index (χ4n) is 2.02. The Labute approximate surface area is 108 Å². The van der Waals surface area contributed by atoms with E-state index in [2.05, 4.69) is 5.32 Å². The Morgan fingerprint density at radius 2 is 1.82 bits per heavy atom. The van der Waals surface area contributed by atoms with Crippen molar-refractivity contribution in [1.82, 2.24) is 5.32 Å². The molecule has 17 heavy (non-hydrogen) atoms. The summed E-state index contributed by atoms with van der Waals surface area (Å²) in [6.45, 7) is 6.71. The number of aliphatic hydroxyl groups is 1. The summed E-state index contributed by atoms with van der Waals surface area (Å²) in [4.78, 5) is 0. The molecule has 0 unspecified atom stereocenters. The standard InChI is InChI=1S/C13H20ClNO2/c1-8-9(2)13(17-4)11(5-6-15-7-16)10(3)12(8)14/h15-16H,5-7H2,1-4H3. The summed E-state index contributed by atoms with van der Waals surface area (Å²) < 4.78 is 5.47. The van der Waals surface area contributed by atoms with Crippen molar-refractivity contribution >= 4 is 11.6 Å². The van der Waals surface area contributed by atoms with Crippen molar-refractivity contribution in [2.24, 2.45) is 0 Å². The van der Waals surface area contributed by atoms with Gasteiger partial charge in [-0.25, -0.2) is 0 Å². The summed E-state index contributed by atoms with van der Waals surface area (Å²) >= 11 is 6.30. The van der Waals surface area contributed by atoms with E-state index in [1.807, 2.05) is 20.8 Å². The van der Waals surface area contributed by atoms with Gasteiger partial charge in [-0.1, -0.05) is 11.6 Å². The summed E-state index contributed by atoms with van der Waals surface area (Å²) in [5.74, 6) is 0.907. The first kappa shape index (κ1) is 14.3. The smallest absolute Gasteiger partial charge is 0.125 e. The number of methoxy groups -OCH3 is 1. The van der Waals surface area contributed by atoms with Crippen molar-refractivity contribution in [2.45, 2.75) is 27.2 Å². The molecule has 1 aromatic rings. The number of nitrogens with one attached hydrogen (secondary N) is 1. The highest BCUT2D eigenvalue weighted by molar-refractivity contribution is 6.32. The zero-order valence-corrected chi connectivity index (χ0v) is 11.6. The van der Waals surface area contributed by atoms with Crippen LogP contribution < -0.4 is 10.1 Å². The number of hydrogen-bond acceptors (Lipinski definition) is 3. The second-order valence-corrected chi connectivity index (χ2v) is 4.49. The molecule has 1 rings (SSSR count). The van der Waals surface area contributed by atoms with E-state index in [-0.39, 0.29) is 6.73 Å². The summed E-state index contributed by atoms with van der Waals surface area (Å²) in [5.41, 5.74) is 4.33. The number of hydrogen-bond donors (Lipinski definition) is 2. The molecule has 96 valence electrons. The highest BCUT2D eigenvalue weighted by atomic mass is 35.5. The van der Waals surface area contributed by atoms with E-state index in [1.54, 1.807) is 7.11 Å². The average molecular weight is 258 g/mol. The summed E-state index contributed by atoms with van der Waals surface area (Å²) in [5, 5.41) is 12.4. The van der Waals surface area contributed by atoms with Crippen molar-refractivity contribution in [3.05, 3.63) is 27.3 Å². The van der Waals surface area contributed by atoms with Crippen LogP contribution in [-0.2, 0) is 6.42 Å². The number of halogens is 1. The first-order chi connectivity index (χ1) is 8.04. The highest BCUT2D eigenvalue weighted by Gasteiger charge is 2.16. The van der Waals surface area contributed by atoms with Crippen molar-refractivity contribution in [2.75, 3.05) is 20.4 Å². The Bertz CT molecular complexity index is 405. The molecule has 0 aromatic heterocycles. The van der Waals surface area contributed by atoms with Crippen LogP contribution >= 0.6 is 11.6 Å². The van der Waals surface area contributed by atoms with Gasteiger partial charge < -0.3 is 9.84 Å². The van der Waals surface area contributed by atoms with Crippen LogP contribution in [0.2, 0.25) is 5.02 Å². The van der Waals surface area contributed by atoms with Gasteiger partial charge in [0.2, 0.25) is 0 Å². The van der Waals surface area contributed by atoms with Crippen LogP contribution in [0.5, 0.6) is 5.75 Å². The SMILES string of the molecule is COc1c(C)c(C)c(Cl)c(C)c1CCNCO. The van der Waals surface area contributed by atoms with E-state index in [9.17, 15) is 0 Å². The fourth-order valence-corrected chi connectivity index (χ4v) is 2.27. The van der Waals surface area contributed by atoms with Gasteiger partial charge in [-0.15, -0.1) is 0 Å². The molecule has 0 bridgehead atoms. The molecular weight excluding hydrogens is 238 g/mol. The monoisotopic (exact) mass is 257 g/mol. The lowest BCUT2D eigenvalue weighted by atomic mass is 9.96. The van der Waals surface area contributed by atoms with Crippen LogP contribution in [0.1, 0.15) is 22.3 Å². The second-order valence-electron chi connectivity index (χ2n) is 4.11. The molecule has 0 radical (unpaired) electrons. The highest BCUT2D eigenvalue weighted by Crippen LogP contribution is 2.35. The van der Waals surface area contributed by atoms with Gasteiger partial charge in [0.1, 0.15) is 5.75 Å². The van der Waals surface area contributed by atoms with Crippen molar-refractivity contribution in [1.29, 1.82) is 0 Å². The summed E-state index contributed by atoms with van der Waals surface area (Å²) in [7, 11) is 1.68. The van der Waals surface area contributed by atoms with Crippen LogP contribution in [0, 0.1) is 20.8 Å². The molecule has 0 atom stereocenters. The lowest BCUT2D eigenvalue weighted by molar-refractivity contribution is 0.261. The van der Waals surface area contributed by atoms with Crippen LogP contribution in [0.3, 0.4) is 0 Å². The summed E-state index contributed by atoms with van der Waals surface area (Å²) in [6, 6.07) is 0. The van der Waals surface area contributed by atoms with Crippen molar-refractivity contribution in [3.8, 4) is 5.75 Å². The molecule has 0 spiro atoms. The van der Waals surface area contributed by atoms with Crippen molar-refractivity contribution < 1.29 is 9.84 Å². The molecule has 0 fully saturated rings. The molecule has 2 N–H and O–H groups in total. The number of ether oxygens (including phenoxy) is 1. The molecule has 0 saturated carbocycles. The quantitative estimate of drug-likeness (QED) is 0.629. The minimum atomic E-state index is -0.0139. The van der Waals surface area contributed by atoms with E-state index in [0.29, 0.717) is 6.54 Å². The second kappa shape index (κ2) is 6.24. The van der Waals surface area contributed by atoms with Gasteiger partial charge in [0.25, 0.3) is 0 Å². The largest absolute Gasteiger partial charge is 0.496 e. The maximum absolute atomic E-state index is 8.72. The molecule has 0 amide bonds. The third-order valence-electron chi connectivity index (χ3n) is 3.16. The molecule has 3 nitrogen and oxygen atoms in total. The third-order valence-corrected chi connectivity index (χ3v) is 3.72. The fraction of sp³-hybridized carbons (Fsp3) is 0.538. The lowest BCUT2D eigenvalue weighted by Crippen LogP contribution is -2.19. The van der Waals surface area contributed by atoms with Gasteiger partial charge in [0.05, 0.1) is 13.8 Å². The Hall–Kier alpha value is -0.770. The van der Waals surface area contributed by atoms with Gasteiger partial charge >= 0.3 is 0 Å². The summed E-state index contributed by atoms with van der Waals surface area (Å²) in [6.07, 6.45) is 0.788. The molecule has 0 aliphatic carbocycles. The van der Waals surface area contributed by atoms with Crippen LogP contribution in [0.15, 0.2) is 0 Å². The van der Waals surface area contributed by atoms with E-state index in [1.165, 1.54) is 0 Å². The topological polar surface area (TPSA) is 41.5 Å². The van der Waals surface area contributed by atoms with Crippen molar-refractivity contribution in [3.63, 3.8) is 0 Å². The lowest BCUT2D eigenvalue weighted by Gasteiger charge is -2.18. The van der Waals surface area contributed by atoms with Crippen LogP contribution in [0.25, 0.3) is 0 Å². The van der Waals surface area contributed by atoms with Crippen LogP contribution in [0.4, 0.5) is 0 Å². The first-order valence-corrected chi connectivity index (χ1v) is 6.06. The van der Waals surface area contributed by atoms with Gasteiger partial charge in [0, 0.05) is 17.1 Å². The molecule has 4 heteroatoms. The Morgan fingerprint density at radius 1 is 1.18 bits per heavy atom. The number of aliphatic hydroxyl groups excluding tert-OH is 1. The molecule has 0 heterocycles. The van der Waals surface area contributed by atoms with E-state index in [0.717, 1.165) is 39.4 Å². The maximum Gasteiger partial charge on any atom is 0.125 e. The maximum atomic E-state index is 8.72. The zero-order valence-electron chi connectivity index (χ0n) is 10.9. The van der Waals surface area contributed by atoms with E-state index >= 15 is 0 Å². The average Bonchev–Trinajstić information content (AvgIpc) is 2.33. The number of rotatable bonds is 5. The molecule has 1 aromatic carbocycles. The van der Waals surface area contributed by atoms with Gasteiger partial charge in [-0.05, 0) is 43.9 Å². The zero-order chi connectivity index (χ0) is 13.0. The normalized spacial score (nSPS) is 10.7. The van der Waals surface area contributed by atoms with Crippen LogP contribution in [-0.4, -0.2) is 25.5 Å². The molecule has 0 saturated heterocycles. The molecule has 0 aliphatic heterocycles. The Kier molecular flexibility index (Phi) is 5.25. The number of benzene rings is 1.